The monoisotopic (exact) mass is 354 g/mol. The van der Waals surface area contributed by atoms with Gasteiger partial charge in [0.05, 0.1) is 24.4 Å². The minimum atomic E-state index is -3.81. The van der Waals surface area contributed by atoms with Crippen molar-refractivity contribution in [2.24, 2.45) is 7.05 Å². The van der Waals surface area contributed by atoms with Crippen LogP contribution in [0.2, 0.25) is 0 Å². The molecule has 130 valence electrons. The predicted molar refractivity (Wildman–Crippen MR) is 84.1 cm³/mol. The highest BCUT2D eigenvalue weighted by atomic mass is 32.2. The first kappa shape index (κ1) is 17.0. The highest BCUT2D eigenvalue weighted by molar-refractivity contribution is 7.89. The Morgan fingerprint density at radius 1 is 1.38 bits per heavy atom. The summed E-state index contributed by atoms with van der Waals surface area (Å²) in [5, 5.41) is 7.35. The van der Waals surface area contributed by atoms with Gasteiger partial charge in [0.1, 0.15) is 5.82 Å². The van der Waals surface area contributed by atoms with Gasteiger partial charge in [-0.1, -0.05) is 17.3 Å². The lowest BCUT2D eigenvalue weighted by Gasteiger charge is -2.44. The maximum absolute atomic E-state index is 13.5. The van der Waals surface area contributed by atoms with E-state index in [9.17, 15) is 12.8 Å². The van der Waals surface area contributed by atoms with Crippen molar-refractivity contribution >= 4 is 10.0 Å². The van der Waals surface area contributed by atoms with E-state index in [1.54, 1.807) is 26.0 Å². The molecule has 0 bridgehead atoms. The highest BCUT2D eigenvalue weighted by Crippen LogP contribution is 2.34. The smallest absolute Gasteiger partial charge is 0.262 e. The quantitative estimate of drug-likeness (QED) is 0.835. The molecule has 1 fully saturated rings. The fourth-order valence-corrected chi connectivity index (χ4v) is 4.60. The molecule has 1 saturated heterocycles. The second-order valence-corrected chi connectivity index (χ2v) is 8.21. The number of aryl methyl sites for hydroxylation is 1. The topological polar surface area (TPSA) is 77.3 Å². The standard InChI is InChI=1S/C15H19FN4O3S/c1-15(2)10-23-13(11-5-4-6-12(16)7-11)9-20(15)24(21,22)14-8-17-18-19(14)3/h4-8,13H,9-10H2,1-3H3. The lowest BCUT2D eigenvalue weighted by Crippen LogP contribution is -2.56. The van der Waals surface area contributed by atoms with Gasteiger partial charge in [-0.25, -0.2) is 17.5 Å². The summed E-state index contributed by atoms with van der Waals surface area (Å²) in [5.41, 5.74) is -0.138. The molecule has 1 aromatic heterocycles. The molecule has 1 aliphatic rings. The molecule has 9 heteroatoms. The van der Waals surface area contributed by atoms with Crippen molar-refractivity contribution in [1.29, 1.82) is 0 Å². The molecule has 0 amide bonds. The Morgan fingerprint density at radius 3 is 2.75 bits per heavy atom. The third-order valence-corrected chi connectivity index (χ3v) is 6.21. The molecule has 0 aliphatic carbocycles. The molecule has 7 nitrogen and oxygen atoms in total. The average molecular weight is 354 g/mol. The van der Waals surface area contributed by atoms with Crippen molar-refractivity contribution in [2.75, 3.05) is 13.2 Å². The maximum atomic E-state index is 13.5. The van der Waals surface area contributed by atoms with Crippen LogP contribution in [-0.4, -0.2) is 46.4 Å². The van der Waals surface area contributed by atoms with Crippen LogP contribution in [0.4, 0.5) is 4.39 Å². The van der Waals surface area contributed by atoms with Crippen LogP contribution in [0.25, 0.3) is 0 Å². The average Bonchev–Trinajstić information content (AvgIpc) is 2.93. The van der Waals surface area contributed by atoms with E-state index in [1.165, 1.54) is 34.4 Å². The van der Waals surface area contributed by atoms with Crippen molar-refractivity contribution in [3.05, 3.63) is 41.8 Å². The van der Waals surface area contributed by atoms with Gasteiger partial charge in [-0.05, 0) is 31.5 Å². The van der Waals surface area contributed by atoms with E-state index in [-0.39, 0.29) is 24.0 Å². The van der Waals surface area contributed by atoms with Gasteiger partial charge < -0.3 is 4.74 Å². The zero-order valence-corrected chi connectivity index (χ0v) is 14.5. The van der Waals surface area contributed by atoms with E-state index in [4.69, 9.17) is 4.74 Å². The van der Waals surface area contributed by atoms with E-state index in [1.807, 2.05) is 0 Å². The van der Waals surface area contributed by atoms with Crippen LogP contribution >= 0.6 is 0 Å². The number of aromatic nitrogens is 3. The molecule has 24 heavy (non-hydrogen) atoms. The minimum Gasteiger partial charge on any atom is -0.370 e. The van der Waals surface area contributed by atoms with Crippen LogP contribution < -0.4 is 0 Å². The lowest BCUT2D eigenvalue weighted by atomic mass is 10.0. The molecule has 0 radical (unpaired) electrons. The molecule has 0 spiro atoms. The summed E-state index contributed by atoms with van der Waals surface area (Å²) in [4.78, 5) is 0. The Hall–Kier alpha value is -1.84. The number of halogens is 1. The first-order valence-electron chi connectivity index (χ1n) is 7.46. The number of sulfonamides is 1. The molecular formula is C15H19FN4O3S. The minimum absolute atomic E-state index is 0.00969. The summed E-state index contributed by atoms with van der Waals surface area (Å²) in [5.74, 6) is -0.383. The second kappa shape index (κ2) is 5.91. The Bertz CT molecular complexity index is 850. The predicted octanol–water partition coefficient (Wildman–Crippen LogP) is 1.49. The lowest BCUT2D eigenvalue weighted by molar-refractivity contribution is -0.0657. The van der Waals surface area contributed by atoms with Gasteiger partial charge in [0.15, 0.2) is 5.03 Å². The van der Waals surface area contributed by atoms with E-state index in [0.29, 0.717) is 5.56 Å². The van der Waals surface area contributed by atoms with Gasteiger partial charge in [-0.15, -0.1) is 5.10 Å². The van der Waals surface area contributed by atoms with Crippen LogP contribution in [0, 0.1) is 5.82 Å². The van der Waals surface area contributed by atoms with Crippen LogP contribution in [0.5, 0.6) is 0 Å². The summed E-state index contributed by atoms with van der Waals surface area (Å²) in [6, 6.07) is 6.01. The number of ether oxygens (including phenoxy) is 1. The van der Waals surface area contributed by atoms with E-state index < -0.39 is 21.7 Å². The summed E-state index contributed by atoms with van der Waals surface area (Å²) in [6.45, 7) is 3.86. The third-order valence-electron chi connectivity index (χ3n) is 4.09. The molecule has 2 aromatic rings. The van der Waals surface area contributed by atoms with Crippen molar-refractivity contribution in [3.8, 4) is 0 Å². The molecule has 0 saturated carbocycles. The fraction of sp³-hybridized carbons (Fsp3) is 0.467. The first-order chi connectivity index (χ1) is 11.2. The molecule has 2 heterocycles. The second-order valence-electron chi connectivity index (χ2n) is 6.40. The highest BCUT2D eigenvalue weighted by Gasteiger charge is 2.44. The molecular weight excluding hydrogens is 335 g/mol. The number of nitrogens with zero attached hydrogens (tertiary/aromatic N) is 4. The largest absolute Gasteiger partial charge is 0.370 e. The zero-order valence-electron chi connectivity index (χ0n) is 13.7. The first-order valence-corrected chi connectivity index (χ1v) is 8.90. The number of hydrogen-bond donors (Lipinski definition) is 0. The molecule has 1 aromatic carbocycles. The van der Waals surface area contributed by atoms with Gasteiger partial charge in [0.2, 0.25) is 0 Å². The Balaban J connectivity index is 1.97. The van der Waals surface area contributed by atoms with Crippen LogP contribution in [0.15, 0.2) is 35.5 Å². The van der Waals surface area contributed by atoms with E-state index in [2.05, 4.69) is 10.3 Å². The SMILES string of the molecule is Cn1nncc1S(=O)(=O)N1CC(c2cccc(F)c2)OCC1(C)C. The van der Waals surface area contributed by atoms with Gasteiger partial charge in [0.25, 0.3) is 10.0 Å². The summed E-state index contributed by atoms with van der Waals surface area (Å²) in [7, 11) is -2.29. The Labute approximate surface area is 140 Å². The van der Waals surface area contributed by atoms with Gasteiger partial charge in [-0.3, -0.25) is 0 Å². The summed E-state index contributed by atoms with van der Waals surface area (Å²) < 4.78 is 47.9. The Kier molecular flexibility index (Phi) is 4.18. The number of morpholine rings is 1. The summed E-state index contributed by atoms with van der Waals surface area (Å²) >= 11 is 0. The number of rotatable bonds is 3. The van der Waals surface area contributed by atoms with Crippen molar-refractivity contribution in [1.82, 2.24) is 19.3 Å². The van der Waals surface area contributed by atoms with Crippen LogP contribution in [0.1, 0.15) is 25.5 Å². The van der Waals surface area contributed by atoms with E-state index >= 15 is 0 Å². The molecule has 1 aliphatic heterocycles. The number of hydrogen-bond acceptors (Lipinski definition) is 5. The van der Waals surface area contributed by atoms with Crippen molar-refractivity contribution in [2.45, 2.75) is 30.5 Å². The van der Waals surface area contributed by atoms with Crippen LogP contribution in [-0.2, 0) is 21.8 Å². The van der Waals surface area contributed by atoms with Gasteiger partial charge in [-0.2, -0.15) is 4.31 Å². The van der Waals surface area contributed by atoms with Crippen molar-refractivity contribution in [3.63, 3.8) is 0 Å². The fourth-order valence-electron chi connectivity index (χ4n) is 2.79. The van der Waals surface area contributed by atoms with E-state index in [0.717, 1.165) is 0 Å². The Morgan fingerprint density at radius 2 is 2.12 bits per heavy atom. The van der Waals surface area contributed by atoms with Crippen molar-refractivity contribution < 1.29 is 17.5 Å². The molecule has 0 N–H and O–H groups in total. The third kappa shape index (κ3) is 2.94. The molecule has 3 rings (SSSR count). The summed E-state index contributed by atoms with van der Waals surface area (Å²) in [6.07, 6.45) is 0.683. The molecule has 1 atom stereocenters. The maximum Gasteiger partial charge on any atom is 0.262 e. The van der Waals surface area contributed by atoms with Gasteiger partial charge >= 0.3 is 0 Å². The number of benzene rings is 1. The normalized spacial score (nSPS) is 21.8. The molecule has 1 unspecified atom stereocenters. The van der Waals surface area contributed by atoms with Crippen LogP contribution in [0.3, 0.4) is 0 Å². The zero-order chi connectivity index (χ0) is 17.5. The van der Waals surface area contributed by atoms with Gasteiger partial charge in [0, 0.05) is 13.6 Å².